The normalized spacial score (nSPS) is 16.2. The molecule has 2 nitrogen and oxygen atoms in total. The summed E-state index contributed by atoms with van der Waals surface area (Å²) in [4.78, 5) is 0. The molecule has 0 amide bonds. The second-order valence-corrected chi connectivity index (χ2v) is 6.57. The summed E-state index contributed by atoms with van der Waals surface area (Å²) in [7, 11) is -1.23. The van der Waals surface area contributed by atoms with Crippen LogP contribution < -0.4 is 4.72 Å². The first-order valence-corrected chi connectivity index (χ1v) is 5.82. The minimum absolute atomic E-state index is 0.234. The molecule has 0 unspecified atom stereocenters. The Morgan fingerprint density at radius 1 is 1.36 bits per heavy atom. The molecule has 0 heterocycles. The van der Waals surface area contributed by atoms with Gasteiger partial charge in [0.2, 0.25) is 0 Å². The van der Waals surface area contributed by atoms with Crippen molar-refractivity contribution in [2.45, 2.75) is 52.3 Å². The topological polar surface area (TPSA) is 29.1 Å². The zero-order valence-electron chi connectivity index (χ0n) is 9.77. The first kappa shape index (κ1) is 13.8. The Morgan fingerprint density at radius 2 is 1.79 bits per heavy atom. The fourth-order valence-electron chi connectivity index (χ4n) is 0.822. The summed E-state index contributed by atoms with van der Waals surface area (Å²) in [5.41, 5.74) is 0.621. The van der Waals surface area contributed by atoms with E-state index in [4.69, 9.17) is 0 Å². The maximum absolute atomic E-state index is 13.4. The molecule has 0 aromatic carbocycles. The van der Waals surface area contributed by atoms with Crippen LogP contribution in [-0.4, -0.2) is 15.0 Å². The van der Waals surface area contributed by atoms with Gasteiger partial charge in [0.25, 0.3) is 0 Å². The van der Waals surface area contributed by atoms with Crippen LogP contribution in [0.5, 0.6) is 0 Å². The van der Waals surface area contributed by atoms with Crippen LogP contribution in [0.15, 0.2) is 11.4 Å². The molecule has 4 heteroatoms. The second kappa shape index (κ2) is 5.03. The molecule has 84 valence electrons. The van der Waals surface area contributed by atoms with Crippen LogP contribution in [0.1, 0.15) is 41.5 Å². The third kappa shape index (κ3) is 4.33. The highest BCUT2D eigenvalue weighted by molar-refractivity contribution is 7.84. The number of hydrogen-bond acceptors (Lipinski definition) is 1. The van der Waals surface area contributed by atoms with E-state index in [9.17, 15) is 8.60 Å². The molecule has 2 atom stereocenters. The molecule has 0 aliphatic rings. The minimum Gasteiger partial charge on any atom is -0.242 e. The van der Waals surface area contributed by atoms with Gasteiger partial charge < -0.3 is 0 Å². The van der Waals surface area contributed by atoms with Gasteiger partial charge in [-0.05, 0) is 47.1 Å². The second-order valence-electron chi connectivity index (χ2n) is 4.57. The smallest absolute Gasteiger partial charge is 0.116 e. The zero-order valence-corrected chi connectivity index (χ0v) is 10.6. The van der Waals surface area contributed by atoms with Crippen LogP contribution in [0, 0.1) is 0 Å². The lowest BCUT2D eigenvalue weighted by molar-refractivity contribution is 0.523. The molecule has 0 aromatic heterocycles. The zero-order chi connectivity index (χ0) is 11.5. The highest BCUT2D eigenvalue weighted by Crippen LogP contribution is 2.14. The van der Waals surface area contributed by atoms with Gasteiger partial charge in [-0.1, -0.05) is 0 Å². The Hall–Kier alpha value is -0.220. The molecule has 0 aromatic rings. The fraction of sp³-hybridized carbons (Fsp3) is 0.800. The standard InChI is InChI=1S/C10H20FNOS/c1-7(2)9(11)8(3)12-14(13)10(4,5)6/h8,12H,1-6H3/t8-,14-/m1/s1. The monoisotopic (exact) mass is 221 g/mol. The lowest BCUT2D eigenvalue weighted by Gasteiger charge is -2.21. The maximum Gasteiger partial charge on any atom is 0.116 e. The van der Waals surface area contributed by atoms with Crippen molar-refractivity contribution in [3.05, 3.63) is 11.4 Å². The molecule has 0 bridgehead atoms. The van der Waals surface area contributed by atoms with Crippen molar-refractivity contribution in [1.82, 2.24) is 4.72 Å². The van der Waals surface area contributed by atoms with Crippen molar-refractivity contribution >= 4 is 11.0 Å². The van der Waals surface area contributed by atoms with E-state index in [0.29, 0.717) is 5.57 Å². The third-order valence-electron chi connectivity index (χ3n) is 1.70. The van der Waals surface area contributed by atoms with Crippen molar-refractivity contribution in [3.8, 4) is 0 Å². The van der Waals surface area contributed by atoms with Gasteiger partial charge in [-0.2, -0.15) is 0 Å². The molecular weight excluding hydrogens is 201 g/mol. The molecule has 0 saturated heterocycles. The van der Waals surface area contributed by atoms with E-state index in [0.717, 1.165) is 0 Å². The Labute approximate surface area is 88.6 Å². The summed E-state index contributed by atoms with van der Waals surface area (Å²) in [6.07, 6.45) is 0. The SMILES string of the molecule is CC(C)=C(F)[C@@H](C)N[S@](=O)C(C)(C)C. The van der Waals surface area contributed by atoms with Crippen LogP contribution >= 0.6 is 0 Å². The fourth-order valence-corrected chi connectivity index (χ4v) is 1.60. The highest BCUT2D eigenvalue weighted by atomic mass is 32.2. The van der Waals surface area contributed by atoms with Crippen molar-refractivity contribution in [2.24, 2.45) is 0 Å². The molecule has 0 fully saturated rings. The van der Waals surface area contributed by atoms with Crippen molar-refractivity contribution in [2.75, 3.05) is 0 Å². The van der Waals surface area contributed by atoms with Crippen molar-refractivity contribution in [3.63, 3.8) is 0 Å². The Kier molecular flexibility index (Phi) is 4.95. The first-order chi connectivity index (χ1) is 6.16. The van der Waals surface area contributed by atoms with Crippen LogP contribution in [0.4, 0.5) is 4.39 Å². The molecule has 0 saturated carbocycles. The van der Waals surface area contributed by atoms with E-state index in [1.165, 1.54) is 0 Å². The van der Waals surface area contributed by atoms with E-state index in [-0.39, 0.29) is 10.6 Å². The summed E-state index contributed by atoms with van der Waals surface area (Å²) in [5, 5.41) is 0. The Morgan fingerprint density at radius 3 is 2.07 bits per heavy atom. The van der Waals surface area contributed by atoms with Crippen LogP contribution in [-0.2, 0) is 11.0 Å². The van der Waals surface area contributed by atoms with Gasteiger partial charge in [0.05, 0.1) is 21.8 Å². The first-order valence-electron chi connectivity index (χ1n) is 4.67. The van der Waals surface area contributed by atoms with E-state index >= 15 is 0 Å². The largest absolute Gasteiger partial charge is 0.242 e. The molecule has 0 aliphatic carbocycles. The number of allylic oxidation sites excluding steroid dienone is 1. The van der Waals surface area contributed by atoms with E-state index in [1.54, 1.807) is 20.8 Å². The average Bonchev–Trinajstić information content (AvgIpc) is 2.00. The molecule has 0 aliphatic heterocycles. The molecule has 0 rings (SSSR count). The van der Waals surface area contributed by atoms with Crippen LogP contribution in [0.2, 0.25) is 0 Å². The third-order valence-corrected chi connectivity index (χ3v) is 3.38. The lowest BCUT2D eigenvalue weighted by Crippen LogP contribution is -2.38. The number of halogens is 1. The van der Waals surface area contributed by atoms with E-state index < -0.39 is 17.0 Å². The molecule has 1 N–H and O–H groups in total. The predicted molar refractivity (Wildman–Crippen MR) is 60.0 cm³/mol. The summed E-state index contributed by atoms with van der Waals surface area (Å²) in [6.45, 7) is 10.6. The number of hydrogen-bond donors (Lipinski definition) is 1. The molecule has 0 radical (unpaired) electrons. The number of rotatable bonds is 3. The van der Waals surface area contributed by atoms with Crippen molar-refractivity contribution in [1.29, 1.82) is 0 Å². The van der Waals surface area contributed by atoms with Crippen LogP contribution in [0.3, 0.4) is 0 Å². The quantitative estimate of drug-likeness (QED) is 0.780. The van der Waals surface area contributed by atoms with Gasteiger partial charge in [-0.3, -0.25) is 0 Å². The average molecular weight is 221 g/mol. The Bertz CT molecular complexity index is 251. The number of nitrogens with one attached hydrogen (secondary N) is 1. The van der Waals surface area contributed by atoms with Gasteiger partial charge in [-0.15, -0.1) is 0 Å². The van der Waals surface area contributed by atoms with E-state index in [1.807, 2.05) is 20.8 Å². The van der Waals surface area contributed by atoms with Gasteiger partial charge >= 0.3 is 0 Å². The van der Waals surface area contributed by atoms with Gasteiger partial charge in [0, 0.05) is 0 Å². The minimum atomic E-state index is -1.23. The lowest BCUT2D eigenvalue weighted by atomic mass is 10.2. The van der Waals surface area contributed by atoms with Gasteiger partial charge in [-0.25, -0.2) is 13.3 Å². The summed E-state index contributed by atoms with van der Waals surface area (Å²) >= 11 is 0. The maximum atomic E-state index is 13.4. The molecular formula is C10H20FNOS. The summed E-state index contributed by atoms with van der Waals surface area (Å²) in [5.74, 6) is -0.234. The van der Waals surface area contributed by atoms with E-state index in [2.05, 4.69) is 4.72 Å². The predicted octanol–water partition coefficient (Wildman–Crippen LogP) is 2.69. The Balaban J connectivity index is 4.43. The molecule has 0 spiro atoms. The van der Waals surface area contributed by atoms with Crippen LogP contribution in [0.25, 0.3) is 0 Å². The van der Waals surface area contributed by atoms with Gasteiger partial charge in [0.1, 0.15) is 5.83 Å². The van der Waals surface area contributed by atoms with Gasteiger partial charge in [0.15, 0.2) is 0 Å². The highest BCUT2D eigenvalue weighted by Gasteiger charge is 2.22. The molecule has 14 heavy (non-hydrogen) atoms. The van der Waals surface area contributed by atoms with Crippen molar-refractivity contribution < 1.29 is 8.60 Å². The summed E-state index contributed by atoms with van der Waals surface area (Å²) < 4.78 is 27.3. The summed E-state index contributed by atoms with van der Waals surface area (Å²) in [6, 6.07) is -0.486.